The van der Waals surface area contributed by atoms with Crippen LogP contribution in [0, 0.1) is 0 Å². The molecule has 4 rings (SSSR count). The molecule has 1 fully saturated rings. The molecule has 3 heterocycles. The minimum atomic E-state index is 0.0449. The number of rotatable bonds is 3. The topological polar surface area (TPSA) is 74.2 Å². The lowest BCUT2D eigenvalue weighted by Crippen LogP contribution is -2.61. The van der Waals surface area contributed by atoms with Crippen LogP contribution in [0.5, 0.6) is 5.88 Å². The lowest BCUT2D eigenvalue weighted by molar-refractivity contribution is 0.161. The van der Waals surface area contributed by atoms with Crippen molar-refractivity contribution in [3.63, 3.8) is 0 Å². The Morgan fingerprint density at radius 3 is 2.61 bits per heavy atom. The Hall–Kier alpha value is -1.99. The Morgan fingerprint density at radius 1 is 1.18 bits per heavy atom. The van der Waals surface area contributed by atoms with Crippen molar-refractivity contribution in [1.29, 1.82) is 0 Å². The Balaban J connectivity index is 1.61. The van der Waals surface area contributed by atoms with Gasteiger partial charge in [-0.2, -0.15) is 0 Å². The van der Waals surface area contributed by atoms with Crippen LogP contribution in [0.3, 0.4) is 0 Å². The average Bonchev–Trinajstić information content (AvgIpc) is 3.07. The Morgan fingerprint density at radius 2 is 1.89 bits per heavy atom. The molecule has 2 aliphatic rings. The van der Waals surface area contributed by atoms with Gasteiger partial charge in [-0.1, -0.05) is 23.5 Å². The van der Waals surface area contributed by atoms with Crippen LogP contribution in [-0.4, -0.2) is 44.5 Å². The van der Waals surface area contributed by atoms with Gasteiger partial charge in [0.2, 0.25) is 11.0 Å². The van der Waals surface area contributed by atoms with Crippen LogP contribution in [0.25, 0.3) is 16.6 Å². The zero-order valence-corrected chi connectivity index (χ0v) is 18.1. The number of aromatic nitrogens is 3. The number of aromatic hydroxyl groups is 1. The molecule has 150 valence electrons. The molecule has 6 nitrogen and oxygen atoms in total. The largest absolute Gasteiger partial charge is 0.493 e. The second-order valence-electron chi connectivity index (χ2n) is 9.29. The van der Waals surface area contributed by atoms with Crippen molar-refractivity contribution < 1.29 is 5.11 Å². The molecule has 1 saturated heterocycles. The number of allylic oxidation sites excluding steroid dienone is 1. The van der Waals surface area contributed by atoms with Crippen LogP contribution in [0.2, 0.25) is 0 Å². The first-order chi connectivity index (χ1) is 13.1. The van der Waals surface area contributed by atoms with Gasteiger partial charge in [-0.15, -0.1) is 10.2 Å². The Bertz CT molecular complexity index is 902. The van der Waals surface area contributed by atoms with Crippen molar-refractivity contribution in [3.8, 4) is 16.5 Å². The highest BCUT2D eigenvalue weighted by Crippen LogP contribution is 2.38. The molecule has 1 aliphatic heterocycles. The highest BCUT2D eigenvalue weighted by molar-refractivity contribution is 7.18. The lowest BCUT2D eigenvalue weighted by atomic mass is 9.79. The normalized spacial score (nSPS) is 20.8. The van der Waals surface area contributed by atoms with Gasteiger partial charge in [0.1, 0.15) is 0 Å². The summed E-state index contributed by atoms with van der Waals surface area (Å²) in [5.41, 5.74) is 2.81. The van der Waals surface area contributed by atoms with Crippen LogP contribution in [0.4, 0.5) is 5.13 Å². The summed E-state index contributed by atoms with van der Waals surface area (Å²) >= 11 is 1.51. The van der Waals surface area contributed by atoms with Crippen molar-refractivity contribution in [3.05, 3.63) is 23.4 Å². The molecular formula is C21H29N5OS. The van der Waals surface area contributed by atoms with Gasteiger partial charge < -0.3 is 15.3 Å². The number of hydrogen-bond acceptors (Lipinski definition) is 7. The molecule has 0 saturated carbocycles. The quantitative estimate of drug-likeness (QED) is 0.812. The van der Waals surface area contributed by atoms with Crippen LogP contribution in [0.1, 0.15) is 58.2 Å². The predicted octanol–water partition coefficient (Wildman–Crippen LogP) is 4.01. The van der Waals surface area contributed by atoms with E-state index < -0.39 is 0 Å². The SMILES string of the molecule is CN(c1nnc(-c2cc3c(nc2O)CCC=C3)s1)C1CC(C)(C)NC(C)(C)C1. The minimum Gasteiger partial charge on any atom is -0.493 e. The average molecular weight is 400 g/mol. The zero-order chi connectivity index (χ0) is 20.1. The molecule has 0 atom stereocenters. The number of pyridine rings is 1. The summed E-state index contributed by atoms with van der Waals surface area (Å²) in [6.45, 7) is 9.02. The second kappa shape index (κ2) is 6.81. The number of piperidine rings is 1. The van der Waals surface area contributed by atoms with Gasteiger partial charge in [0.05, 0.1) is 11.3 Å². The summed E-state index contributed by atoms with van der Waals surface area (Å²) in [4.78, 5) is 6.64. The number of hydrogen-bond donors (Lipinski definition) is 2. The van der Waals surface area contributed by atoms with Gasteiger partial charge in [-0.3, -0.25) is 0 Å². The van der Waals surface area contributed by atoms with E-state index in [1.165, 1.54) is 11.3 Å². The highest BCUT2D eigenvalue weighted by atomic mass is 32.1. The van der Waals surface area contributed by atoms with Crippen LogP contribution in [0.15, 0.2) is 12.1 Å². The van der Waals surface area contributed by atoms with Gasteiger partial charge in [0.15, 0.2) is 5.01 Å². The first kappa shape index (κ1) is 19.3. The fraction of sp³-hybridized carbons (Fsp3) is 0.571. The molecule has 7 heteroatoms. The number of anilines is 1. The number of fused-ring (bicyclic) bond motifs is 1. The van der Waals surface area contributed by atoms with Crippen molar-refractivity contribution >= 4 is 22.5 Å². The standard InChI is InChI=1S/C21H29N5OS/c1-20(2)11-14(12-21(3,4)25-20)26(5)19-24-23-18(28-19)15-10-13-8-6-7-9-16(13)22-17(15)27/h6,8,10,14,25H,7,9,11-12H2,1-5H3,(H,22,27). The smallest absolute Gasteiger partial charge is 0.221 e. The fourth-order valence-corrected chi connectivity index (χ4v) is 5.54. The first-order valence-corrected chi connectivity index (χ1v) is 10.7. The van der Waals surface area contributed by atoms with E-state index in [1.807, 2.05) is 6.07 Å². The van der Waals surface area contributed by atoms with E-state index in [9.17, 15) is 5.11 Å². The summed E-state index contributed by atoms with van der Waals surface area (Å²) in [6.07, 6.45) is 8.13. The summed E-state index contributed by atoms with van der Waals surface area (Å²) in [6, 6.07) is 2.36. The zero-order valence-electron chi connectivity index (χ0n) is 17.3. The van der Waals surface area contributed by atoms with Gasteiger partial charge in [-0.05, 0) is 65.0 Å². The molecule has 28 heavy (non-hydrogen) atoms. The molecule has 2 aromatic rings. The fourth-order valence-electron chi connectivity index (χ4n) is 4.65. The minimum absolute atomic E-state index is 0.0449. The third kappa shape index (κ3) is 3.78. The molecule has 0 amide bonds. The number of nitrogens with zero attached hydrogens (tertiary/aromatic N) is 4. The van der Waals surface area contributed by atoms with Crippen molar-refractivity contribution in [1.82, 2.24) is 20.5 Å². The molecule has 0 bridgehead atoms. The lowest BCUT2D eigenvalue weighted by Gasteiger charge is -2.48. The molecule has 0 spiro atoms. The molecule has 0 unspecified atom stereocenters. The van der Waals surface area contributed by atoms with Gasteiger partial charge in [0.25, 0.3) is 0 Å². The molecule has 2 N–H and O–H groups in total. The maximum absolute atomic E-state index is 10.4. The molecule has 0 aromatic carbocycles. The van der Waals surface area contributed by atoms with Gasteiger partial charge >= 0.3 is 0 Å². The second-order valence-corrected chi connectivity index (χ2v) is 10.2. The van der Waals surface area contributed by atoms with Crippen molar-refractivity contribution in [2.75, 3.05) is 11.9 Å². The molecule has 0 radical (unpaired) electrons. The van der Waals surface area contributed by atoms with Crippen LogP contribution < -0.4 is 10.2 Å². The number of nitrogens with one attached hydrogen (secondary N) is 1. The molecule has 2 aromatic heterocycles. The van der Waals surface area contributed by atoms with Crippen molar-refractivity contribution in [2.24, 2.45) is 0 Å². The van der Waals surface area contributed by atoms with E-state index in [-0.39, 0.29) is 17.0 Å². The summed E-state index contributed by atoms with van der Waals surface area (Å²) in [5.74, 6) is 0.0449. The summed E-state index contributed by atoms with van der Waals surface area (Å²) < 4.78 is 0. The predicted molar refractivity (Wildman–Crippen MR) is 115 cm³/mol. The summed E-state index contributed by atoms with van der Waals surface area (Å²) in [5, 5.41) is 24.6. The van der Waals surface area contributed by atoms with E-state index in [1.54, 1.807) is 0 Å². The van der Waals surface area contributed by atoms with Gasteiger partial charge in [0, 0.05) is 24.2 Å². The third-order valence-electron chi connectivity index (χ3n) is 5.62. The monoisotopic (exact) mass is 399 g/mol. The Labute approximate surface area is 170 Å². The van der Waals surface area contributed by atoms with Gasteiger partial charge in [-0.25, -0.2) is 4.98 Å². The maximum atomic E-state index is 10.4. The first-order valence-electron chi connectivity index (χ1n) is 9.89. The van der Waals surface area contributed by atoms with E-state index in [0.29, 0.717) is 16.6 Å². The van der Waals surface area contributed by atoms with E-state index in [4.69, 9.17) is 0 Å². The maximum Gasteiger partial charge on any atom is 0.221 e. The van der Waals surface area contributed by atoms with Crippen molar-refractivity contribution in [2.45, 2.75) is 70.5 Å². The highest BCUT2D eigenvalue weighted by Gasteiger charge is 2.39. The van der Waals surface area contributed by atoms with E-state index in [0.717, 1.165) is 42.1 Å². The summed E-state index contributed by atoms with van der Waals surface area (Å²) in [7, 11) is 2.10. The third-order valence-corrected chi connectivity index (χ3v) is 6.67. The van der Waals surface area contributed by atoms with Crippen LogP contribution >= 0.6 is 11.3 Å². The number of aryl methyl sites for hydroxylation is 1. The Kier molecular flexibility index (Phi) is 4.70. The molecular weight excluding hydrogens is 370 g/mol. The molecule has 1 aliphatic carbocycles. The van der Waals surface area contributed by atoms with E-state index >= 15 is 0 Å². The van der Waals surface area contributed by atoms with Crippen LogP contribution in [-0.2, 0) is 6.42 Å². The van der Waals surface area contributed by atoms with E-state index in [2.05, 4.69) is 72.3 Å².